The third kappa shape index (κ3) is 2.86. The van der Waals surface area contributed by atoms with Crippen LogP contribution in [0.5, 0.6) is 0 Å². The highest BCUT2D eigenvalue weighted by Crippen LogP contribution is 2.06. The Kier molecular flexibility index (Phi) is 3.98. The number of carbonyl (C=O) groups excluding carboxylic acids is 2. The summed E-state index contributed by atoms with van der Waals surface area (Å²) in [5, 5.41) is 8.48. The topological polar surface area (TPSA) is 57.6 Å². The third-order valence-electron chi connectivity index (χ3n) is 1.60. The zero-order chi connectivity index (χ0) is 9.68. The number of hydrogen-bond donors (Lipinski definition) is 1. The lowest BCUT2D eigenvalue weighted by Gasteiger charge is -2.12. The minimum Gasteiger partial charge on any atom is -0.396 e. The highest BCUT2D eigenvalue weighted by atomic mass is 32.2. The lowest BCUT2D eigenvalue weighted by molar-refractivity contribution is -0.136. The highest BCUT2D eigenvalue weighted by Gasteiger charge is 2.22. The van der Waals surface area contributed by atoms with Crippen LogP contribution in [0, 0.1) is 0 Å². The maximum absolute atomic E-state index is 11.0. The van der Waals surface area contributed by atoms with Gasteiger partial charge in [0.2, 0.25) is 0 Å². The molecule has 4 nitrogen and oxygen atoms in total. The molecule has 0 saturated heterocycles. The van der Waals surface area contributed by atoms with E-state index in [4.69, 9.17) is 5.11 Å². The lowest BCUT2D eigenvalue weighted by Crippen LogP contribution is -2.32. The quantitative estimate of drug-likeness (QED) is 0.487. The molecule has 0 aromatic rings. The molecule has 0 unspecified atom stereocenters. The summed E-state index contributed by atoms with van der Waals surface area (Å²) in [7, 11) is 0. The number of aliphatic hydroxyl groups is 1. The molecule has 0 aromatic heterocycles. The van der Waals surface area contributed by atoms with Crippen molar-refractivity contribution < 1.29 is 14.7 Å². The van der Waals surface area contributed by atoms with Gasteiger partial charge < -0.3 is 5.11 Å². The number of aliphatic hydroxyl groups excluding tert-OH is 1. The van der Waals surface area contributed by atoms with Crippen molar-refractivity contribution in [2.45, 2.75) is 0 Å². The van der Waals surface area contributed by atoms with Crippen LogP contribution >= 0.6 is 11.8 Å². The van der Waals surface area contributed by atoms with Crippen LogP contribution in [-0.2, 0) is 9.59 Å². The van der Waals surface area contributed by atoms with Gasteiger partial charge in [-0.2, -0.15) is 11.8 Å². The van der Waals surface area contributed by atoms with Crippen molar-refractivity contribution in [3.05, 3.63) is 12.2 Å². The van der Waals surface area contributed by atoms with E-state index < -0.39 is 0 Å². The number of amides is 2. The molecule has 1 aliphatic heterocycles. The average molecular weight is 201 g/mol. The molecule has 0 fully saturated rings. The number of hydrogen-bond acceptors (Lipinski definition) is 4. The molecule has 0 aromatic carbocycles. The molecule has 0 bridgehead atoms. The molecule has 0 spiro atoms. The molecule has 5 heteroatoms. The van der Waals surface area contributed by atoms with Gasteiger partial charge in [0.25, 0.3) is 11.8 Å². The summed E-state index contributed by atoms with van der Waals surface area (Å²) >= 11 is 1.52. The number of carbonyl (C=O) groups is 2. The Hall–Kier alpha value is -0.810. The molecule has 1 rings (SSSR count). The molecule has 72 valence electrons. The van der Waals surface area contributed by atoms with Crippen LogP contribution in [0.1, 0.15) is 0 Å². The molecule has 0 atom stereocenters. The molecule has 0 radical (unpaired) electrons. The summed E-state index contributed by atoms with van der Waals surface area (Å²) in [6.45, 7) is 0.556. The molecule has 1 aliphatic rings. The highest BCUT2D eigenvalue weighted by molar-refractivity contribution is 7.99. The van der Waals surface area contributed by atoms with Crippen molar-refractivity contribution in [2.75, 3.05) is 24.7 Å². The van der Waals surface area contributed by atoms with Crippen LogP contribution < -0.4 is 0 Å². The van der Waals surface area contributed by atoms with Gasteiger partial charge in [-0.15, -0.1) is 0 Å². The molecular weight excluding hydrogens is 190 g/mol. The van der Waals surface area contributed by atoms with Crippen LogP contribution in [0.25, 0.3) is 0 Å². The molecule has 1 heterocycles. The third-order valence-corrected chi connectivity index (χ3v) is 2.54. The van der Waals surface area contributed by atoms with Crippen LogP contribution in [0.2, 0.25) is 0 Å². The summed E-state index contributed by atoms with van der Waals surface area (Å²) in [5.41, 5.74) is 0. The summed E-state index contributed by atoms with van der Waals surface area (Å²) in [6, 6.07) is 0. The number of rotatable bonds is 5. The second-order valence-electron chi connectivity index (χ2n) is 2.50. The minimum absolute atomic E-state index is 0.130. The van der Waals surface area contributed by atoms with E-state index in [2.05, 4.69) is 0 Å². The predicted octanol–water partition coefficient (Wildman–Crippen LogP) is -0.363. The molecule has 2 amide bonds. The standard InChI is InChI=1S/C8H11NO3S/c10-4-6-13-5-3-9-7(11)1-2-8(9)12/h1-2,10H,3-6H2. The van der Waals surface area contributed by atoms with Crippen molar-refractivity contribution in [3.63, 3.8) is 0 Å². The van der Waals surface area contributed by atoms with E-state index in [1.54, 1.807) is 0 Å². The van der Waals surface area contributed by atoms with Gasteiger partial charge in [-0.25, -0.2) is 0 Å². The predicted molar refractivity (Wildman–Crippen MR) is 50.3 cm³/mol. The first-order valence-corrected chi connectivity index (χ1v) is 5.13. The zero-order valence-electron chi connectivity index (χ0n) is 7.10. The second-order valence-corrected chi connectivity index (χ2v) is 3.72. The maximum Gasteiger partial charge on any atom is 0.253 e. The van der Waals surface area contributed by atoms with E-state index in [1.165, 1.54) is 28.8 Å². The molecule has 13 heavy (non-hydrogen) atoms. The zero-order valence-corrected chi connectivity index (χ0v) is 7.92. The van der Waals surface area contributed by atoms with Gasteiger partial charge in [0.05, 0.1) is 6.61 Å². The molecule has 1 N–H and O–H groups in total. The molecule has 0 aliphatic carbocycles. The summed E-state index contributed by atoms with van der Waals surface area (Å²) in [4.78, 5) is 23.2. The minimum atomic E-state index is -0.241. The Morgan fingerprint density at radius 2 is 1.85 bits per heavy atom. The first kappa shape index (κ1) is 10.3. The van der Waals surface area contributed by atoms with E-state index >= 15 is 0 Å². The van der Waals surface area contributed by atoms with E-state index in [1.807, 2.05) is 0 Å². The first-order valence-electron chi connectivity index (χ1n) is 3.98. The largest absolute Gasteiger partial charge is 0.396 e. The normalized spacial score (nSPS) is 15.9. The Balaban J connectivity index is 2.22. The Morgan fingerprint density at radius 3 is 2.38 bits per heavy atom. The van der Waals surface area contributed by atoms with Gasteiger partial charge in [0, 0.05) is 30.2 Å². The van der Waals surface area contributed by atoms with Gasteiger partial charge in [-0.3, -0.25) is 14.5 Å². The lowest BCUT2D eigenvalue weighted by atomic mass is 10.5. The second kappa shape index (κ2) is 5.04. The fourth-order valence-corrected chi connectivity index (χ4v) is 1.62. The van der Waals surface area contributed by atoms with Crippen LogP contribution in [0.4, 0.5) is 0 Å². The number of nitrogens with zero attached hydrogens (tertiary/aromatic N) is 1. The van der Waals surface area contributed by atoms with Crippen LogP contribution in [-0.4, -0.2) is 46.5 Å². The van der Waals surface area contributed by atoms with Crippen molar-refractivity contribution >= 4 is 23.6 Å². The van der Waals surface area contributed by atoms with Gasteiger partial charge in [-0.05, 0) is 0 Å². The van der Waals surface area contributed by atoms with Crippen molar-refractivity contribution in [2.24, 2.45) is 0 Å². The van der Waals surface area contributed by atoms with Crippen LogP contribution in [0.3, 0.4) is 0 Å². The van der Waals surface area contributed by atoms with Crippen molar-refractivity contribution in [3.8, 4) is 0 Å². The SMILES string of the molecule is O=C1C=CC(=O)N1CCSCCO. The fourth-order valence-electron chi connectivity index (χ4n) is 0.974. The average Bonchev–Trinajstić information content (AvgIpc) is 2.42. The molecule has 0 saturated carbocycles. The van der Waals surface area contributed by atoms with E-state index in [9.17, 15) is 9.59 Å². The van der Waals surface area contributed by atoms with Gasteiger partial charge in [0.1, 0.15) is 0 Å². The fraction of sp³-hybridized carbons (Fsp3) is 0.500. The van der Waals surface area contributed by atoms with E-state index in [0.717, 1.165) is 0 Å². The summed E-state index contributed by atoms with van der Waals surface area (Å²) in [6.07, 6.45) is 2.55. The van der Waals surface area contributed by atoms with E-state index in [-0.39, 0.29) is 18.4 Å². The Labute approximate surface area is 80.6 Å². The Morgan fingerprint density at radius 1 is 1.23 bits per heavy atom. The number of imide groups is 1. The summed E-state index contributed by atoms with van der Waals surface area (Å²) < 4.78 is 0. The summed E-state index contributed by atoms with van der Waals surface area (Å²) in [5.74, 6) is 0.841. The first-order chi connectivity index (χ1) is 6.25. The van der Waals surface area contributed by atoms with Gasteiger partial charge in [-0.1, -0.05) is 0 Å². The monoisotopic (exact) mass is 201 g/mol. The van der Waals surface area contributed by atoms with E-state index in [0.29, 0.717) is 18.1 Å². The molecular formula is C8H11NO3S. The van der Waals surface area contributed by atoms with Gasteiger partial charge >= 0.3 is 0 Å². The Bertz CT molecular complexity index is 222. The van der Waals surface area contributed by atoms with Gasteiger partial charge in [0.15, 0.2) is 0 Å². The maximum atomic E-state index is 11.0. The number of thioether (sulfide) groups is 1. The van der Waals surface area contributed by atoms with Crippen LogP contribution in [0.15, 0.2) is 12.2 Å². The smallest absolute Gasteiger partial charge is 0.253 e. The van der Waals surface area contributed by atoms with Crippen molar-refractivity contribution in [1.29, 1.82) is 0 Å². The van der Waals surface area contributed by atoms with Crippen molar-refractivity contribution in [1.82, 2.24) is 4.90 Å².